The fourth-order valence-electron chi connectivity index (χ4n) is 1.15. The second-order valence-electron chi connectivity index (χ2n) is 2.96. The van der Waals surface area contributed by atoms with Crippen LogP contribution in [0.2, 0.25) is 0 Å². The second-order valence-corrected chi connectivity index (χ2v) is 4.39. The number of hydrogen-bond acceptors (Lipinski definition) is 2. The van der Waals surface area contributed by atoms with Gasteiger partial charge in [-0.1, -0.05) is 0 Å². The summed E-state index contributed by atoms with van der Waals surface area (Å²) in [6, 6.07) is 1.22. The summed E-state index contributed by atoms with van der Waals surface area (Å²) < 4.78 is 25.4. The average molecular weight is 362 g/mol. The Hall–Kier alpha value is -0.500. The van der Waals surface area contributed by atoms with E-state index >= 15 is 0 Å². The average Bonchev–Trinajstić information content (AvgIpc) is 2.16. The van der Waals surface area contributed by atoms with Crippen molar-refractivity contribution in [2.45, 2.75) is 18.7 Å². The van der Waals surface area contributed by atoms with E-state index in [1.54, 1.807) is 0 Å². The van der Waals surface area contributed by atoms with E-state index in [-0.39, 0.29) is 11.6 Å². The van der Waals surface area contributed by atoms with Crippen molar-refractivity contribution in [3.63, 3.8) is 0 Å². The van der Waals surface area contributed by atoms with Gasteiger partial charge >= 0.3 is 5.97 Å². The van der Waals surface area contributed by atoms with E-state index in [1.165, 1.54) is 6.07 Å². The Morgan fingerprint density at radius 3 is 2.69 bits per heavy atom. The minimum absolute atomic E-state index is 0.0530. The number of carbonyl (C=O) groups is 1. The number of hydrogen-bond donors (Lipinski definition) is 1. The Morgan fingerprint density at radius 2 is 2.25 bits per heavy atom. The van der Waals surface area contributed by atoms with Crippen molar-refractivity contribution in [1.29, 1.82) is 0 Å². The first-order valence-corrected chi connectivity index (χ1v) is 5.81. The maximum atomic E-state index is 12.5. The van der Waals surface area contributed by atoms with Crippen LogP contribution in [0.25, 0.3) is 0 Å². The zero-order chi connectivity index (χ0) is 12.3. The molecule has 0 saturated heterocycles. The van der Waals surface area contributed by atoms with Gasteiger partial charge in [0.05, 0.1) is 18.0 Å². The normalized spacial score (nSPS) is 10.8. The van der Waals surface area contributed by atoms with E-state index in [0.29, 0.717) is 9.13 Å². The summed E-state index contributed by atoms with van der Waals surface area (Å²) in [7, 11) is 0. The lowest BCUT2D eigenvalue weighted by molar-refractivity contribution is -0.136. The largest absolute Gasteiger partial charge is 0.481 e. The Labute approximate surface area is 109 Å². The molecule has 0 atom stereocenters. The SMILES string of the molecule is O=C(O)Cc1nc(C(F)F)cc(I)c1CCl. The highest BCUT2D eigenvalue weighted by Crippen LogP contribution is 2.24. The first-order chi connectivity index (χ1) is 7.45. The van der Waals surface area contributed by atoms with E-state index < -0.39 is 24.5 Å². The molecule has 7 heteroatoms. The van der Waals surface area contributed by atoms with Gasteiger partial charge in [0.1, 0.15) is 5.69 Å². The van der Waals surface area contributed by atoms with Crippen LogP contribution in [0.4, 0.5) is 8.78 Å². The predicted octanol–water partition coefficient (Wildman–Crippen LogP) is 2.99. The van der Waals surface area contributed by atoms with Crippen LogP contribution in [0.3, 0.4) is 0 Å². The number of nitrogens with zero attached hydrogens (tertiary/aromatic N) is 1. The number of carboxylic acid groups (broad SMARTS) is 1. The topological polar surface area (TPSA) is 50.2 Å². The molecule has 0 aromatic carbocycles. The predicted molar refractivity (Wildman–Crippen MR) is 62.8 cm³/mol. The van der Waals surface area contributed by atoms with Gasteiger partial charge in [0.2, 0.25) is 0 Å². The molecule has 1 rings (SSSR count). The third-order valence-electron chi connectivity index (χ3n) is 1.85. The maximum absolute atomic E-state index is 12.5. The smallest absolute Gasteiger partial charge is 0.309 e. The van der Waals surface area contributed by atoms with Gasteiger partial charge in [-0.2, -0.15) is 0 Å². The van der Waals surface area contributed by atoms with Crippen molar-refractivity contribution in [2.24, 2.45) is 0 Å². The monoisotopic (exact) mass is 361 g/mol. The highest BCUT2D eigenvalue weighted by molar-refractivity contribution is 14.1. The summed E-state index contributed by atoms with van der Waals surface area (Å²) in [5.74, 6) is -1.07. The molecule has 3 nitrogen and oxygen atoms in total. The highest BCUT2D eigenvalue weighted by Gasteiger charge is 2.17. The van der Waals surface area contributed by atoms with Crippen LogP contribution in [0, 0.1) is 3.57 Å². The number of aliphatic carboxylic acids is 1. The van der Waals surface area contributed by atoms with E-state index in [9.17, 15) is 13.6 Å². The Morgan fingerprint density at radius 1 is 1.62 bits per heavy atom. The van der Waals surface area contributed by atoms with Crippen LogP contribution in [-0.2, 0) is 17.1 Å². The third-order valence-corrected chi connectivity index (χ3v) is 3.08. The molecule has 0 aliphatic heterocycles. The number of carboxylic acids is 1. The summed E-state index contributed by atoms with van der Waals surface area (Å²) in [4.78, 5) is 14.2. The summed E-state index contributed by atoms with van der Waals surface area (Å²) in [5, 5.41) is 8.63. The summed E-state index contributed by atoms with van der Waals surface area (Å²) >= 11 is 7.47. The van der Waals surface area contributed by atoms with E-state index in [4.69, 9.17) is 16.7 Å². The summed E-state index contributed by atoms with van der Waals surface area (Å²) in [5.41, 5.74) is 0.174. The van der Waals surface area contributed by atoms with Gasteiger partial charge in [0.25, 0.3) is 6.43 Å². The second kappa shape index (κ2) is 5.72. The van der Waals surface area contributed by atoms with Gasteiger partial charge in [-0.15, -0.1) is 11.6 Å². The molecule has 1 aromatic rings. The zero-order valence-corrected chi connectivity index (χ0v) is 10.8. The molecule has 0 saturated carbocycles. The van der Waals surface area contributed by atoms with Crippen molar-refractivity contribution >= 4 is 40.2 Å². The molecule has 0 fully saturated rings. The van der Waals surface area contributed by atoms with E-state index in [2.05, 4.69) is 4.98 Å². The molecule has 0 unspecified atom stereocenters. The molecule has 16 heavy (non-hydrogen) atoms. The molecule has 0 amide bonds. The standard InChI is InChI=1S/C9H7ClF2INO2/c10-3-4-5(13)1-7(9(11)12)14-6(4)2-8(15)16/h1,9H,2-3H2,(H,15,16). The molecule has 0 aliphatic rings. The lowest BCUT2D eigenvalue weighted by Gasteiger charge is -2.09. The van der Waals surface area contributed by atoms with Gasteiger partial charge in [0.15, 0.2) is 0 Å². The summed E-state index contributed by atoms with van der Waals surface area (Å²) in [6.07, 6.45) is -3.12. The zero-order valence-electron chi connectivity index (χ0n) is 7.88. The lowest BCUT2D eigenvalue weighted by atomic mass is 10.1. The third kappa shape index (κ3) is 3.24. The molecule has 1 aromatic heterocycles. The molecule has 0 radical (unpaired) electrons. The van der Waals surface area contributed by atoms with E-state index in [1.807, 2.05) is 22.6 Å². The lowest BCUT2D eigenvalue weighted by Crippen LogP contribution is -2.09. The fraction of sp³-hybridized carbons (Fsp3) is 0.333. The van der Waals surface area contributed by atoms with Crippen LogP contribution in [0.15, 0.2) is 6.07 Å². The first kappa shape index (κ1) is 13.6. The van der Waals surface area contributed by atoms with Gasteiger partial charge in [-0.25, -0.2) is 8.78 Å². The minimum atomic E-state index is -2.72. The van der Waals surface area contributed by atoms with Crippen molar-refractivity contribution in [1.82, 2.24) is 4.98 Å². The van der Waals surface area contributed by atoms with Gasteiger partial charge in [-0.05, 0) is 28.7 Å². The summed E-state index contributed by atoms with van der Waals surface area (Å²) in [6.45, 7) is 0. The maximum Gasteiger partial charge on any atom is 0.309 e. The van der Waals surface area contributed by atoms with E-state index in [0.717, 1.165) is 0 Å². The Bertz CT molecular complexity index is 415. The molecular formula is C9H7ClF2INO2. The molecular weight excluding hydrogens is 354 g/mol. The Balaban J connectivity index is 3.24. The molecule has 1 N–H and O–H groups in total. The molecule has 1 heterocycles. The Kier molecular flexibility index (Phi) is 4.85. The number of aromatic nitrogens is 1. The first-order valence-electron chi connectivity index (χ1n) is 4.19. The van der Waals surface area contributed by atoms with Crippen LogP contribution in [0.5, 0.6) is 0 Å². The van der Waals surface area contributed by atoms with Crippen LogP contribution < -0.4 is 0 Å². The molecule has 0 spiro atoms. The van der Waals surface area contributed by atoms with Crippen LogP contribution in [-0.4, -0.2) is 16.1 Å². The fourth-order valence-corrected chi connectivity index (χ4v) is 2.50. The number of alkyl halides is 3. The quantitative estimate of drug-likeness (QED) is 0.662. The molecule has 88 valence electrons. The van der Waals surface area contributed by atoms with Gasteiger partial charge < -0.3 is 5.11 Å². The van der Waals surface area contributed by atoms with Crippen molar-refractivity contribution < 1.29 is 18.7 Å². The van der Waals surface area contributed by atoms with Crippen molar-refractivity contribution in [2.75, 3.05) is 0 Å². The van der Waals surface area contributed by atoms with Gasteiger partial charge in [-0.3, -0.25) is 9.78 Å². The molecule has 0 aliphatic carbocycles. The number of rotatable bonds is 4. The van der Waals surface area contributed by atoms with Gasteiger partial charge in [0, 0.05) is 9.13 Å². The van der Waals surface area contributed by atoms with Crippen molar-refractivity contribution in [3.05, 3.63) is 26.6 Å². The van der Waals surface area contributed by atoms with Crippen molar-refractivity contribution in [3.8, 4) is 0 Å². The molecule has 0 bridgehead atoms. The van der Waals surface area contributed by atoms with Crippen LogP contribution in [0.1, 0.15) is 23.4 Å². The minimum Gasteiger partial charge on any atom is -0.481 e. The van der Waals surface area contributed by atoms with Crippen LogP contribution >= 0.6 is 34.2 Å². The number of halogens is 4. The number of pyridine rings is 1. The highest BCUT2D eigenvalue weighted by atomic mass is 127.